The molecule has 0 saturated carbocycles. The number of benzene rings is 1. The Bertz CT molecular complexity index is 591. The number of hydrogen-bond donors (Lipinski definition) is 1. The molecule has 1 saturated heterocycles. The fraction of sp³-hybridized carbons (Fsp3) is 0.529. The smallest absolute Gasteiger partial charge is 0.258 e. The molecule has 0 spiro atoms. The average molecular weight is 339 g/mol. The molecule has 1 N–H and O–H groups in total. The molecule has 2 amide bonds. The zero-order chi connectivity index (χ0) is 17.0. The Morgan fingerprint density at radius 1 is 1.48 bits per heavy atom. The monoisotopic (exact) mass is 338 g/mol. The summed E-state index contributed by atoms with van der Waals surface area (Å²) in [6.45, 7) is 4.53. The molecule has 1 aliphatic heterocycles. The summed E-state index contributed by atoms with van der Waals surface area (Å²) in [6.07, 6.45) is 2.35. The molecule has 0 aliphatic carbocycles. The SMILES string of the molecule is CC[C@H](C)NC(=O)[C@@H]1CCCN1C(=O)c1cc(Cl)ccc1OC. The number of carbonyl (C=O) groups excluding carboxylic acids is 2. The molecule has 0 radical (unpaired) electrons. The fourth-order valence-corrected chi connectivity index (χ4v) is 2.90. The predicted octanol–water partition coefficient (Wildman–Crippen LogP) is 2.87. The third-order valence-corrected chi connectivity index (χ3v) is 4.44. The lowest BCUT2D eigenvalue weighted by atomic mass is 10.1. The molecule has 2 rings (SSSR count). The summed E-state index contributed by atoms with van der Waals surface area (Å²) in [4.78, 5) is 26.9. The van der Waals surface area contributed by atoms with Gasteiger partial charge in [-0.25, -0.2) is 0 Å². The molecule has 23 heavy (non-hydrogen) atoms. The highest BCUT2D eigenvalue weighted by Crippen LogP contribution is 2.27. The summed E-state index contributed by atoms with van der Waals surface area (Å²) in [6, 6.07) is 4.60. The lowest BCUT2D eigenvalue weighted by Crippen LogP contribution is -2.48. The van der Waals surface area contributed by atoms with Crippen LogP contribution in [-0.2, 0) is 4.79 Å². The van der Waals surface area contributed by atoms with Crippen LogP contribution in [0.4, 0.5) is 0 Å². The van der Waals surface area contributed by atoms with Gasteiger partial charge in [0.25, 0.3) is 5.91 Å². The van der Waals surface area contributed by atoms with Gasteiger partial charge in [0.05, 0.1) is 12.7 Å². The lowest BCUT2D eigenvalue weighted by Gasteiger charge is -2.26. The minimum absolute atomic E-state index is 0.0915. The first-order chi connectivity index (χ1) is 11.0. The van der Waals surface area contributed by atoms with Crippen molar-refractivity contribution in [2.45, 2.75) is 45.2 Å². The van der Waals surface area contributed by atoms with Crippen LogP contribution in [0, 0.1) is 0 Å². The molecular weight excluding hydrogens is 316 g/mol. The zero-order valence-corrected chi connectivity index (χ0v) is 14.5. The van der Waals surface area contributed by atoms with Gasteiger partial charge in [0.15, 0.2) is 0 Å². The summed E-state index contributed by atoms with van der Waals surface area (Å²) in [5, 5.41) is 3.42. The average Bonchev–Trinajstić information content (AvgIpc) is 3.03. The highest BCUT2D eigenvalue weighted by molar-refractivity contribution is 6.31. The van der Waals surface area contributed by atoms with E-state index in [1.807, 2.05) is 13.8 Å². The van der Waals surface area contributed by atoms with Crippen molar-refractivity contribution in [2.75, 3.05) is 13.7 Å². The Labute approximate surface area is 141 Å². The number of hydrogen-bond acceptors (Lipinski definition) is 3. The summed E-state index contributed by atoms with van der Waals surface area (Å²) >= 11 is 6.01. The molecule has 1 heterocycles. The highest BCUT2D eigenvalue weighted by atomic mass is 35.5. The predicted molar refractivity (Wildman–Crippen MR) is 90.0 cm³/mol. The van der Waals surface area contributed by atoms with Crippen molar-refractivity contribution in [1.29, 1.82) is 0 Å². The van der Waals surface area contributed by atoms with Crippen molar-refractivity contribution in [3.8, 4) is 5.75 Å². The molecule has 2 atom stereocenters. The van der Waals surface area contributed by atoms with Crippen LogP contribution in [0.2, 0.25) is 5.02 Å². The fourth-order valence-electron chi connectivity index (χ4n) is 2.73. The van der Waals surface area contributed by atoms with Crippen molar-refractivity contribution in [3.63, 3.8) is 0 Å². The number of ether oxygens (including phenoxy) is 1. The molecule has 5 nitrogen and oxygen atoms in total. The molecular formula is C17H23ClN2O3. The summed E-state index contributed by atoms with van der Waals surface area (Å²) in [5.41, 5.74) is 0.392. The van der Waals surface area contributed by atoms with E-state index in [1.54, 1.807) is 23.1 Å². The number of nitrogens with zero attached hydrogens (tertiary/aromatic N) is 1. The third-order valence-electron chi connectivity index (χ3n) is 4.21. The van der Waals surface area contributed by atoms with Crippen molar-refractivity contribution >= 4 is 23.4 Å². The van der Waals surface area contributed by atoms with E-state index >= 15 is 0 Å². The number of amides is 2. The van der Waals surface area contributed by atoms with Crippen LogP contribution < -0.4 is 10.1 Å². The Balaban J connectivity index is 2.21. The minimum atomic E-state index is -0.430. The molecule has 0 bridgehead atoms. The Kier molecular flexibility index (Phi) is 5.88. The van der Waals surface area contributed by atoms with Crippen molar-refractivity contribution < 1.29 is 14.3 Å². The maximum atomic E-state index is 12.9. The second kappa shape index (κ2) is 7.68. The van der Waals surface area contributed by atoms with Gasteiger partial charge in [-0.3, -0.25) is 9.59 Å². The summed E-state index contributed by atoms with van der Waals surface area (Å²) < 4.78 is 5.25. The van der Waals surface area contributed by atoms with Crippen LogP contribution in [0.5, 0.6) is 5.75 Å². The van der Waals surface area contributed by atoms with Gasteiger partial charge in [-0.15, -0.1) is 0 Å². The van der Waals surface area contributed by atoms with Crippen LogP contribution in [-0.4, -0.2) is 42.5 Å². The van der Waals surface area contributed by atoms with E-state index < -0.39 is 6.04 Å². The molecule has 0 aromatic heterocycles. The first kappa shape index (κ1) is 17.6. The quantitative estimate of drug-likeness (QED) is 0.898. The molecule has 6 heteroatoms. The first-order valence-corrected chi connectivity index (χ1v) is 8.30. The minimum Gasteiger partial charge on any atom is -0.496 e. The molecule has 1 aliphatic rings. The molecule has 1 aromatic carbocycles. The number of rotatable bonds is 5. The molecule has 0 unspecified atom stereocenters. The summed E-state index contributed by atoms with van der Waals surface area (Å²) in [5.74, 6) is 0.157. The van der Waals surface area contributed by atoms with E-state index in [1.165, 1.54) is 7.11 Å². The van der Waals surface area contributed by atoms with Crippen LogP contribution >= 0.6 is 11.6 Å². The topological polar surface area (TPSA) is 58.6 Å². The van der Waals surface area contributed by atoms with Gasteiger partial charge in [-0.1, -0.05) is 18.5 Å². The van der Waals surface area contributed by atoms with E-state index in [-0.39, 0.29) is 17.9 Å². The van der Waals surface area contributed by atoms with Crippen LogP contribution in [0.3, 0.4) is 0 Å². The molecule has 1 aromatic rings. The normalized spacial score (nSPS) is 18.6. The van der Waals surface area contributed by atoms with Gasteiger partial charge in [0, 0.05) is 17.6 Å². The Morgan fingerprint density at radius 3 is 2.87 bits per heavy atom. The van der Waals surface area contributed by atoms with Gasteiger partial charge in [0.2, 0.25) is 5.91 Å². The van der Waals surface area contributed by atoms with E-state index in [0.29, 0.717) is 29.3 Å². The van der Waals surface area contributed by atoms with Gasteiger partial charge < -0.3 is 15.0 Å². The van der Waals surface area contributed by atoms with Crippen LogP contribution in [0.15, 0.2) is 18.2 Å². The van der Waals surface area contributed by atoms with Crippen LogP contribution in [0.1, 0.15) is 43.5 Å². The summed E-state index contributed by atoms with van der Waals surface area (Å²) in [7, 11) is 1.51. The van der Waals surface area contributed by atoms with Gasteiger partial charge in [-0.05, 0) is 44.4 Å². The zero-order valence-electron chi connectivity index (χ0n) is 13.8. The Morgan fingerprint density at radius 2 is 2.22 bits per heavy atom. The maximum Gasteiger partial charge on any atom is 0.258 e. The van der Waals surface area contributed by atoms with E-state index in [4.69, 9.17) is 16.3 Å². The number of likely N-dealkylation sites (tertiary alicyclic amines) is 1. The third kappa shape index (κ3) is 3.96. The van der Waals surface area contributed by atoms with Crippen molar-refractivity contribution in [1.82, 2.24) is 10.2 Å². The van der Waals surface area contributed by atoms with E-state index in [2.05, 4.69) is 5.32 Å². The number of halogens is 1. The lowest BCUT2D eigenvalue weighted by molar-refractivity contribution is -0.125. The number of nitrogens with one attached hydrogen (secondary N) is 1. The van der Waals surface area contributed by atoms with E-state index in [0.717, 1.165) is 12.8 Å². The van der Waals surface area contributed by atoms with E-state index in [9.17, 15) is 9.59 Å². The number of methoxy groups -OCH3 is 1. The second-order valence-corrected chi connectivity index (χ2v) is 6.26. The van der Waals surface area contributed by atoms with Gasteiger partial charge >= 0.3 is 0 Å². The molecule has 126 valence electrons. The highest BCUT2D eigenvalue weighted by Gasteiger charge is 2.35. The van der Waals surface area contributed by atoms with Crippen molar-refractivity contribution in [3.05, 3.63) is 28.8 Å². The van der Waals surface area contributed by atoms with Gasteiger partial charge in [-0.2, -0.15) is 0 Å². The van der Waals surface area contributed by atoms with Crippen LogP contribution in [0.25, 0.3) is 0 Å². The standard InChI is InChI=1S/C17H23ClN2O3/c1-4-11(2)19-16(21)14-6-5-9-20(14)17(22)13-10-12(18)7-8-15(13)23-3/h7-8,10-11,14H,4-6,9H2,1-3H3,(H,19,21)/t11-,14-/m0/s1. The maximum absolute atomic E-state index is 12.9. The number of carbonyl (C=O) groups is 2. The van der Waals surface area contributed by atoms with Crippen molar-refractivity contribution in [2.24, 2.45) is 0 Å². The first-order valence-electron chi connectivity index (χ1n) is 7.92. The second-order valence-electron chi connectivity index (χ2n) is 5.82. The Hall–Kier alpha value is -1.75. The molecule has 1 fully saturated rings. The van der Waals surface area contributed by atoms with Gasteiger partial charge in [0.1, 0.15) is 11.8 Å². The largest absolute Gasteiger partial charge is 0.496 e.